The second-order valence-corrected chi connectivity index (χ2v) is 9.30. The van der Waals surface area contributed by atoms with Crippen molar-refractivity contribution in [3.05, 3.63) is 107 Å². The fourth-order valence-electron chi connectivity index (χ4n) is 4.79. The zero-order valence-electron chi connectivity index (χ0n) is 19.4. The summed E-state index contributed by atoms with van der Waals surface area (Å²) in [6.07, 6.45) is 0. The van der Waals surface area contributed by atoms with Crippen LogP contribution in [0.25, 0.3) is 0 Å². The van der Waals surface area contributed by atoms with E-state index in [1.165, 1.54) is 42.5 Å². The Labute approximate surface area is 198 Å². The first-order valence-corrected chi connectivity index (χ1v) is 11.6. The minimum absolute atomic E-state index is 0.0521. The van der Waals surface area contributed by atoms with Gasteiger partial charge >= 0.3 is 0 Å². The van der Waals surface area contributed by atoms with E-state index in [0.29, 0.717) is 18.7 Å². The van der Waals surface area contributed by atoms with Crippen molar-refractivity contribution in [1.29, 1.82) is 0 Å². The first-order valence-electron chi connectivity index (χ1n) is 11.6. The zero-order chi connectivity index (χ0) is 24.2. The van der Waals surface area contributed by atoms with Crippen LogP contribution < -0.4 is 0 Å². The molecule has 0 aromatic heterocycles. The second kappa shape index (κ2) is 10.4. The third kappa shape index (κ3) is 5.68. The molecule has 3 nitrogen and oxygen atoms in total. The first kappa shape index (κ1) is 24.0. The molecule has 1 amide bonds. The molecule has 0 unspecified atom stereocenters. The monoisotopic (exact) mass is 466 g/mol. The molecule has 2 atom stereocenters. The number of rotatable bonds is 7. The molecular weight excluding hydrogens is 437 g/mol. The molecular formula is C28H29F3N2O. The number of nitrogens with zero attached hydrogens (tertiary/aromatic N) is 2. The SMILES string of the molecule is CC(C)N(C[C@@H]1CN(Cc2cccc(F)c2)C[C@H]1c1ccc(F)cc1)C(=O)c1ccc(F)cc1. The number of benzene rings is 3. The van der Waals surface area contributed by atoms with Gasteiger partial charge in [-0.25, -0.2) is 13.2 Å². The smallest absolute Gasteiger partial charge is 0.254 e. The van der Waals surface area contributed by atoms with Crippen LogP contribution in [-0.4, -0.2) is 41.4 Å². The van der Waals surface area contributed by atoms with E-state index in [1.807, 2.05) is 24.8 Å². The molecule has 178 valence electrons. The van der Waals surface area contributed by atoms with E-state index in [9.17, 15) is 18.0 Å². The van der Waals surface area contributed by atoms with Crippen molar-refractivity contribution in [2.45, 2.75) is 32.4 Å². The van der Waals surface area contributed by atoms with Crippen molar-refractivity contribution in [3.8, 4) is 0 Å². The van der Waals surface area contributed by atoms with Crippen LogP contribution in [0, 0.1) is 23.4 Å². The molecule has 6 heteroatoms. The molecule has 0 N–H and O–H groups in total. The van der Waals surface area contributed by atoms with Gasteiger partial charge in [0.25, 0.3) is 5.91 Å². The summed E-state index contributed by atoms with van der Waals surface area (Å²) < 4.78 is 40.7. The quantitative estimate of drug-likeness (QED) is 0.435. The Morgan fingerprint density at radius 3 is 2.18 bits per heavy atom. The van der Waals surface area contributed by atoms with Crippen LogP contribution in [0.15, 0.2) is 72.8 Å². The molecule has 1 aliphatic heterocycles. The maximum absolute atomic E-state index is 13.7. The summed E-state index contributed by atoms with van der Waals surface area (Å²) in [6, 6.07) is 18.7. The molecule has 0 radical (unpaired) electrons. The van der Waals surface area contributed by atoms with Gasteiger partial charge in [-0.3, -0.25) is 9.69 Å². The topological polar surface area (TPSA) is 23.6 Å². The highest BCUT2D eigenvalue weighted by Gasteiger charge is 2.36. The van der Waals surface area contributed by atoms with Crippen molar-refractivity contribution in [1.82, 2.24) is 9.80 Å². The van der Waals surface area contributed by atoms with E-state index >= 15 is 0 Å². The predicted molar refractivity (Wildman–Crippen MR) is 127 cm³/mol. The summed E-state index contributed by atoms with van der Waals surface area (Å²) in [5, 5.41) is 0. The fraction of sp³-hybridized carbons (Fsp3) is 0.321. The van der Waals surface area contributed by atoms with Gasteiger partial charge in [0, 0.05) is 43.7 Å². The van der Waals surface area contributed by atoms with Gasteiger partial charge in [-0.05, 0) is 79.4 Å². The molecule has 0 aliphatic carbocycles. The number of carbonyl (C=O) groups is 1. The summed E-state index contributed by atoms with van der Waals surface area (Å²) in [6.45, 7) is 6.48. The van der Waals surface area contributed by atoms with Gasteiger partial charge in [0.05, 0.1) is 0 Å². The Kier molecular flexibility index (Phi) is 7.37. The standard InChI is InChI=1S/C28H29F3N2O/c1-19(2)33(28(34)22-8-12-25(30)13-9-22)17-23-16-32(15-20-4-3-5-26(31)14-20)18-27(23)21-6-10-24(29)11-7-21/h3-14,19,23,27H,15-18H2,1-2H3/t23-,27-/m0/s1. The number of likely N-dealkylation sites (tertiary alicyclic amines) is 1. The highest BCUT2D eigenvalue weighted by atomic mass is 19.1. The highest BCUT2D eigenvalue weighted by Crippen LogP contribution is 2.35. The summed E-state index contributed by atoms with van der Waals surface area (Å²) >= 11 is 0. The number of hydrogen-bond acceptors (Lipinski definition) is 2. The van der Waals surface area contributed by atoms with E-state index in [0.717, 1.165) is 24.2 Å². The van der Waals surface area contributed by atoms with Crippen LogP contribution in [0.1, 0.15) is 41.3 Å². The van der Waals surface area contributed by atoms with Crippen LogP contribution >= 0.6 is 0 Å². The van der Waals surface area contributed by atoms with E-state index in [1.54, 1.807) is 24.3 Å². The normalized spacial score (nSPS) is 18.4. The lowest BCUT2D eigenvalue weighted by Gasteiger charge is -2.32. The second-order valence-electron chi connectivity index (χ2n) is 9.30. The molecule has 3 aromatic carbocycles. The van der Waals surface area contributed by atoms with Crippen LogP contribution in [0.2, 0.25) is 0 Å². The lowest BCUT2D eigenvalue weighted by Crippen LogP contribution is -2.42. The van der Waals surface area contributed by atoms with Crippen molar-refractivity contribution in [2.75, 3.05) is 19.6 Å². The summed E-state index contributed by atoms with van der Waals surface area (Å²) in [5.41, 5.74) is 2.36. The molecule has 4 rings (SSSR count). The predicted octanol–water partition coefficient (Wildman–Crippen LogP) is 5.87. The van der Waals surface area contributed by atoms with Crippen LogP contribution in [0.5, 0.6) is 0 Å². The lowest BCUT2D eigenvalue weighted by molar-refractivity contribution is 0.0668. The van der Waals surface area contributed by atoms with E-state index in [4.69, 9.17) is 0 Å². The van der Waals surface area contributed by atoms with Gasteiger partial charge in [-0.1, -0.05) is 24.3 Å². The number of amides is 1. The van der Waals surface area contributed by atoms with E-state index in [2.05, 4.69) is 4.90 Å². The third-order valence-corrected chi connectivity index (χ3v) is 6.52. The molecule has 0 saturated carbocycles. The van der Waals surface area contributed by atoms with Crippen LogP contribution in [0.3, 0.4) is 0 Å². The van der Waals surface area contributed by atoms with Gasteiger partial charge in [0.1, 0.15) is 17.5 Å². The lowest BCUT2D eigenvalue weighted by atomic mass is 9.88. The Morgan fingerprint density at radius 1 is 0.912 bits per heavy atom. The average Bonchev–Trinajstić information content (AvgIpc) is 3.20. The number of carbonyl (C=O) groups excluding carboxylic acids is 1. The molecule has 3 aromatic rings. The largest absolute Gasteiger partial charge is 0.336 e. The molecule has 1 heterocycles. The van der Waals surface area contributed by atoms with Crippen molar-refractivity contribution in [3.63, 3.8) is 0 Å². The van der Waals surface area contributed by atoms with Crippen LogP contribution in [-0.2, 0) is 6.54 Å². The van der Waals surface area contributed by atoms with Crippen LogP contribution in [0.4, 0.5) is 13.2 Å². The molecule has 0 bridgehead atoms. The molecule has 0 spiro atoms. The van der Waals surface area contributed by atoms with Gasteiger partial charge in [-0.15, -0.1) is 0 Å². The summed E-state index contributed by atoms with van der Waals surface area (Å²) in [4.78, 5) is 17.4. The van der Waals surface area contributed by atoms with Gasteiger partial charge in [0.2, 0.25) is 0 Å². The zero-order valence-corrected chi connectivity index (χ0v) is 19.4. The summed E-state index contributed by atoms with van der Waals surface area (Å²) in [5.74, 6) is -0.879. The van der Waals surface area contributed by atoms with Gasteiger partial charge < -0.3 is 4.90 Å². The van der Waals surface area contributed by atoms with E-state index < -0.39 is 0 Å². The molecule has 1 saturated heterocycles. The van der Waals surface area contributed by atoms with Crippen molar-refractivity contribution < 1.29 is 18.0 Å². The maximum atomic E-state index is 13.7. The molecule has 1 aliphatic rings. The number of halogens is 3. The Balaban J connectivity index is 1.57. The van der Waals surface area contributed by atoms with Crippen molar-refractivity contribution in [2.24, 2.45) is 5.92 Å². The third-order valence-electron chi connectivity index (χ3n) is 6.52. The van der Waals surface area contributed by atoms with E-state index in [-0.39, 0.29) is 41.2 Å². The highest BCUT2D eigenvalue weighted by molar-refractivity contribution is 5.94. The minimum atomic E-state index is -0.382. The average molecular weight is 467 g/mol. The Morgan fingerprint density at radius 2 is 1.56 bits per heavy atom. The molecule has 1 fully saturated rings. The Hall–Kier alpha value is -3.12. The summed E-state index contributed by atoms with van der Waals surface area (Å²) in [7, 11) is 0. The van der Waals surface area contributed by atoms with Gasteiger partial charge in [-0.2, -0.15) is 0 Å². The Bertz CT molecular complexity index is 1120. The van der Waals surface area contributed by atoms with Gasteiger partial charge in [0.15, 0.2) is 0 Å². The molecule has 34 heavy (non-hydrogen) atoms. The fourth-order valence-corrected chi connectivity index (χ4v) is 4.79. The maximum Gasteiger partial charge on any atom is 0.254 e. The van der Waals surface area contributed by atoms with Crippen molar-refractivity contribution >= 4 is 5.91 Å². The first-order chi connectivity index (χ1) is 16.3. The minimum Gasteiger partial charge on any atom is -0.336 e. The number of hydrogen-bond donors (Lipinski definition) is 0.